The Balaban J connectivity index is 1.32. The summed E-state index contributed by atoms with van der Waals surface area (Å²) in [6.07, 6.45) is 5.07. The van der Waals surface area contributed by atoms with E-state index in [-0.39, 0.29) is 18.3 Å². The van der Waals surface area contributed by atoms with E-state index in [0.717, 1.165) is 45.7 Å². The fourth-order valence-corrected chi connectivity index (χ4v) is 4.89. The first-order valence-corrected chi connectivity index (χ1v) is 13.9. The zero-order chi connectivity index (χ0) is 29.3. The maximum absolute atomic E-state index is 14.4. The molecule has 1 amide bonds. The SMILES string of the molecule is C=CC(=O)Nc1cc2c(Nc3ccnc(-c4ccccc4F)c3)ncnc2cc1OCCCN1CCN(CCO)CC1. The highest BCUT2D eigenvalue weighted by molar-refractivity contribution is 6.03. The van der Waals surface area contributed by atoms with Crippen molar-refractivity contribution < 1.29 is 19.0 Å². The molecule has 4 aromatic rings. The van der Waals surface area contributed by atoms with Gasteiger partial charge in [-0.25, -0.2) is 14.4 Å². The predicted octanol–water partition coefficient (Wildman–Crippen LogP) is 4.08. The van der Waals surface area contributed by atoms with Crippen molar-refractivity contribution in [2.45, 2.75) is 6.42 Å². The zero-order valence-corrected chi connectivity index (χ0v) is 23.3. The number of aliphatic hydroxyl groups is 1. The number of carbonyl (C=O) groups is 1. The van der Waals surface area contributed by atoms with Gasteiger partial charge >= 0.3 is 0 Å². The number of fused-ring (bicyclic) bond motifs is 1. The first-order chi connectivity index (χ1) is 20.5. The van der Waals surface area contributed by atoms with Crippen molar-refractivity contribution in [3.8, 4) is 17.0 Å². The van der Waals surface area contributed by atoms with Gasteiger partial charge in [0.15, 0.2) is 0 Å². The molecule has 5 rings (SSSR count). The van der Waals surface area contributed by atoms with E-state index in [2.05, 4.69) is 42.0 Å². The van der Waals surface area contributed by atoms with Crippen LogP contribution >= 0.6 is 0 Å². The van der Waals surface area contributed by atoms with E-state index < -0.39 is 0 Å². The van der Waals surface area contributed by atoms with Crippen molar-refractivity contribution in [2.24, 2.45) is 0 Å². The highest BCUT2D eigenvalue weighted by Crippen LogP contribution is 2.34. The number of nitrogens with one attached hydrogen (secondary N) is 2. The summed E-state index contributed by atoms with van der Waals surface area (Å²) in [6.45, 7) is 9.64. The fraction of sp³-hybridized carbons (Fsp3) is 0.290. The van der Waals surface area contributed by atoms with Crippen LogP contribution in [-0.2, 0) is 4.79 Å². The molecule has 0 aliphatic carbocycles. The average molecular weight is 572 g/mol. The van der Waals surface area contributed by atoms with Gasteiger partial charge in [-0.3, -0.25) is 14.7 Å². The van der Waals surface area contributed by atoms with Crippen LogP contribution < -0.4 is 15.4 Å². The maximum atomic E-state index is 14.4. The van der Waals surface area contributed by atoms with Gasteiger partial charge in [0.25, 0.3) is 0 Å². The number of halogens is 1. The summed E-state index contributed by atoms with van der Waals surface area (Å²) in [7, 11) is 0. The lowest BCUT2D eigenvalue weighted by Crippen LogP contribution is -2.47. The van der Waals surface area contributed by atoms with Crippen molar-refractivity contribution in [3.05, 3.63) is 79.5 Å². The third kappa shape index (κ3) is 7.24. The van der Waals surface area contributed by atoms with Gasteiger partial charge in [-0.1, -0.05) is 18.7 Å². The van der Waals surface area contributed by atoms with Gasteiger partial charge in [0.05, 0.1) is 30.1 Å². The van der Waals surface area contributed by atoms with Crippen molar-refractivity contribution in [1.29, 1.82) is 0 Å². The highest BCUT2D eigenvalue weighted by atomic mass is 19.1. The molecule has 2 aromatic heterocycles. The van der Waals surface area contributed by atoms with E-state index >= 15 is 0 Å². The Hall–Kier alpha value is -4.45. The van der Waals surface area contributed by atoms with Crippen LogP contribution in [0, 0.1) is 5.82 Å². The normalized spacial score (nSPS) is 14.0. The number of nitrogens with zero attached hydrogens (tertiary/aromatic N) is 5. The van der Waals surface area contributed by atoms with E-state index in [9.17, 15) is 9.18 Å². The number of piperazine rings is 1. The molecule has 42 heavy (non-hydrogen) atoms. The van der Waals surface area contributed by atoms with Crippen LogP contribution in [0.5, 0.6) is 5.75 Å². The number of hydrogen-bond donors (Lipinski definition) is 3. The molecule has 10 nitrogen and oxygen atoms in total. The second kappa shape index (κ2) is 13.9. The quantitative estimate of drug-likeness (QED) is 0.171. The minimum absolute atomic E-state index is 0.187. The lowest BCUT2D eigenvalue weighted by molar-refractivity contribution is -0.111. The minimum atomic E-state index is -0.366. The van der Waals surface area contributed by atoms with E-state index in [1.165, 1.54) is 18.5 Å². The van der Waals surface area contributed by atoms with Crippen molar-refractivity contribution in [2.75, 3.05) is 63.1 Å². The number of amides is 1. The van der Waals surface area contributed by atoms with Crippen LogP contribution in [0.25, 0.3) is 22.2 Å². The molecule has 1 fully saturated rings. The Morgan fingerprint density at radius 1 is 1.05 bits per heavy atom. The maximum Gasteiger partial charge on any atom is 0.247 e. The summed E-state index contributed by atoms with van der Waals surface area (Å²) in [5.74, 6) is 0.285. The Labute approximate surface area is 243 Å². The number of aromatic nitrogens is 3. The first kappa shape index (κ1) is 29.1. The highest BCUT2D eigenvalue weighted by Gasteiger charge is 2.17. The number of rotatable bonds is 12. The topological polar surface area (TPSA) is 116 Å². The molecule has 3 heterocycles. The fourth-order valence-electron chi connectivity index (χ4n) is 4.89. The molecular formula is C31H34FN7O3. The molecule has 0 bridgehead atoms. The van der Waals surface area contributed by atoms with Crippen molar-refractivity contribution in [1.82, 2.24) is 24.8 Å². The molecule has 3 N–H and O–H groups in total. The van der Waals surface area contributed by atoms with Gasteiger partial charge in [-0.05, 0) is 42.8 Å². The number of aliphatic hydroxyl groups excluding tert-OH is 1. The predicted molar refractivity (Wildman–Crippen MR) is 161 cm³/mol. The molecule has 0 atom stereocenters. The van der Waals surface area contributed by atoms with Gasteiger partial charge < -0.3 is 25.4 Å². The lowest BCUT2D eigenvalue weighted by atomic mass is 10.1. The molecule has 1 aliphatic rings. The Morgan fingerprint density at radius 3 is 2.60 bits per heavy atom. The molecule has 1 aliphatic heterocycles. The molecule has 0 radical (unpaired) electrons. The number of ether oxygens (including phenoxy) is 1. The van der Waals surface area contributed by atoms with Gasteiger partial charge in [-0.15, -0.1) is 0 Å². The number of hydrogen-bond acceptors (Lipinski definition) is 9. The largest absolute Gasteiger partial charge is 0.491 e. The summed E-state index contributed by atoms with van der Waals surface area (Å²) in [6, 6.07) is 13.5. The Morgan fingerprint density at radius 2 is 1.83 bits per heavy atom. The number of pyridine rings is 1. The van der Waals surface area contributed by atoms with Crippen LogP contribution in [0.1, 0.15) is 6.42 Å². The summed E-state index contributed by atoms with van der Waals surface area (Å²) >= 11 is 0. The van der Waals surface area contributed by atoms with E-state index in [1.54, 1.807) is 48.7 Å². The standard InChI is InChI=1S/C31H34FN7O3/c1-2-30(41)37-28-19-24-27(20-29(28)42-17-5-10-38-11-13-39(14-12-38)15-16-40)34-21-35-31(24)36-22-8-9-33-26(18-22)23-6-3-4-7-25(23)32/h2-4,6-9,18-21,40H,1,5,10-17H2,(H,37,41)(H,33,34,35,36). The molecule has 11 heteroatoms. The minimum Gasteiger partial charge on any atom is -0.491 e. The molecule has 0 saturated carbocycles. The van der Waals surface area contributed by atoms with E-state index in [1.807, 2.05) is 0 Å². The Kier molecular flexibility index (Phi) is 9.65. The smallest absolute Gasteiger partial charge is 0.247 e. The molecule has 2 aromatic carbocycles. The van der Waals surface area contributed by atoms with Crippen LogP contribution in [0.2, 0.25) is 0 Å². The number of benzene rings is 2. The van der Waals surface area contributed by atoms with Crippen LogP contribution in [0.4, 0.5) is 21.6 Å². The summed E-state index contributed by atoms with van der Waals surface area (Å²) in [5.41, 5.74) is 2.65. The van der Waals surface area contributed by atoms with Crippen LogP contribution in [0.15, 0.2) is 73.7 Å². The van der Waals surface area contributed by atoms with E-state index in [4.69, 9.17) is 9.84 Å². The first-order valence-electron chi connectivity index (χ1n) is 13.9. The lowest BCUT2D eigenvalue weighted by Gasteiger charge is -2.34. The zero-order valence-electron chi connectivity index (χ0n) is 23.3. The Bertz CT molecular complexity index is 1540. The van der Waals surface area contributed by atoms with E-state index in [0.29, 0.717) is 51.7 Å². The third-order valence-electron chi connectivity index (χ3n) is 7.11. The summed E-state index contributed by atoms with van der Waals surface area (Å²) < 4.78 is 20.5. The number of β-amino-alcohol motifs (C(OH)–C–C–N with tert-alkyl or cyclic N) is 1. The molecular weight excluding hydrogens is 537 g/mol. The van der Waals surface area contributed by atoms with Gasteiger partial charge in [0.1, 0.15) is 23.7 Å². The monoisotopic (exact) mass is 571 g/mol. The average Bonchev–Trinajstić information content (AvgIpc) is 3.01. The second-order valence-electron chi connectivity index (χ2n) is 9.92. The van der Waals surface area contributed by atoms with Crippen molar-refractivity contribution >= 4 is 34.0 Å². The van der Waals surface area contributed by atoms with Gasteiger partial charge in [0.2, 0.25) is 5.91 Å². The second-order valence-corrected chi connectivity index (χ2v) is 9.92. The summed E-state index contributed by atoms with van der Waals surface area (Å²) in [5, 5.41) is 15.9. The molecule has 0 spiro atoms. The number of anilines is 3. The van der Waals surface area contributed by atoms with Crippen molar-refractivity contribution in [3.63, 3.8) is 0 Å². The van der Waals surface area contributed by atoms with Gasteiger partial charge in [-0.2, -0.15) is 0 Å². The molecule has 0 unspecified atom stereocenters. The van der Waals surface area contributed by atoms with Gasteiger partial charge in [0, 0.05) is 68.2 Å². The summed E-state index contributed by atoms with van der Waals surface area (Å²) in [4.78, 5) is 30.1. The molecule has 1 saturated heterocycles. The molecule has 218 valence electrons. The number of carbonyl (C=O) groups excluding carboxylic acids is 1. The third-order valence-corrected chi connectivity index (χ3v) is 7.11. The van der Waals surface area contributed by atoms with Crippen LogP contribution in [0.3, 0.4) is 0 Å². The van der Waals surface area contributed by atoms with Crippen LogP contribution in [-0.4, -0.2) is 88.2 Å².